The summed E-state index contributed by atoms with van der Waals surface area (Å²) in [5.74, 6) is -2.56. The molecule has 0 heterocycles. The van der Waals surface area contributed by atoms with E-state index in [2.05, 4.69) is 10.1 Å². The number of rotatable bonds is 9. The molecule has 0 aliphatic carbocycles. The van der Waals surface area contributed by atoms with E-state index in [4.69, 9.17) is 10.6 Å². The van der Waals surface area contributed by atoms with E-state index in [0.29, 0.717) is 6.21 Å². The summed E-state index contributed by atoms with van der Waals surface area (Å²) in [6, 6.07) is -1.28. The van der Waals surface area contributed by atoms with Gasteiger partial charge in [-0.15, -0.1) is 0 Å². The van der Waals surface area contributed by atoms with Gasteiger partial charge in [-0.1, -0.05) is 13.8 Å². The Hall–Kier alpha value is -2.05. The fraction of sp³-hybridized carbons (Fsp3) is 0.667. The van der Waals surface area contributed by atoms with E-state index in [0.717, 1.165) is 0 Å². The van der Waals surface area contributed by atoms with E-state index in [-0.39, 0.29) is 25.2 Å². The van der Waals surface area contributed by atoms with E-state index in [9.17, 15) is 19.5 Å². The van der Waals surface area contributed by atoms with Crippen LogP contribution in [0.4, 0.5) is 0 Å². The van der Waals surface area contributed by atoms with Gasteiger partial charge in [0.05, 0.1) is 0 Å². The van der Waals surface area contributed by atoms with Crippen LogP contribution in [0.1, 0.15) is 33.1 Å². The molecule has 0 saturated heterocycles. The molecule has 8 nitrogen and oxygen atoms in total. The van der Waals surface area contributed by atoms with E-state index < -0.39 is 29.8 Å². The second kappa shape index (κ2) is 8.95. The van der Waals surface area contributed by atoms with Crippen molar-refractivity contribution in [2.75, 3.05) is 0 Å². The van der Waals surface area contributed by atoms with Crippen molar-refractivity contribution >= 4 is 23.9 Å². The summed E-state index contributed by atoms with van der Waals surface area (Å²) in [4.78, 5) is 36.1. The minimum atomic E-state index is -1.30. The van der Waals surface area contributed by atoms with Crippen LogP contribution in [0, 0.1) is 5.92 Å². The number of amides is 1. The Kier molecular flexibility index (Phi) is 8.03. The number of aliphatic carboxylic acids is 1. The van der Waals surface area contributed by atoms with Gasteiger partial charge in [-0.2, -0.15) is 4.79 Å². The third kappa shape index (κ3) is 7.40. The van der Waals surface area contributed by atoms with Crippen molar-refractivity contribution in [1.82, 2.24) is 5.32 Å². The Bertz CT molecular complexity index is 415. The number of carboxylic acid groups (broad SMARTS) is 1. The lowest BCUT2D eigenvalue weighted by Gasteiger charge is -2.17. The van der Waals surface area contributed by atoms with Crippen LogP contribution in [0.25, 0.3) is 5.53 Å². The van der Waals surface area contributed by atoms with Crippen molar-refractivity contribution in [1.29, 1.82) is 0 Å². The summed E-state index contributed by atoms with van der Waals surface area (Å²) < 4.78 is 0. The molecule has 0 rings (SSSR count). The lowest BCUT2D eigenvalue weighted by molar-refractivity contribution is -0.143. The standard InChI is InChI=1S/C12H19N3O5/c1-7(2)5-10(17)11(18)15-9(12(19)20)4-3-8(16)6-14-13/h6-7,9-10,17H,3-5H2,1-2H3,(H,15,18)(H,19,20). The molecular formula is C12H19N3O5. The first-order valence-electron chi connectivity index (χ1n) is 6.19. The number of nitrogens with zero attached hydrogens (tertiary/aromatic N) is 2. The van der Waals surface area contributed by atoms with Gasteiger partial charge in [-0.05, 0) is 18.8 Å². The molecule has 112 valence electrons. The number of nitrogens with one attached hydrogen (secondary N) is 1. The third-order valence-electron chi connectivity index (χ3n) is 2.49. The van der Waals surface area contributed by atoms with Crippen LogP contribution < -0.4 is 5.32 Å². The molecule has 3 N–H and O–H groups in total. The van der Waals surface area contributed by atoms with Crippen molar-refractivity contribution in [3.05, 3.63) is 5.53 Å². The number of carbonyl (C=O) groups excluding carboxylic acids is 2. The van der Waals surface area contributed by atoms with Crippen LogP contribution in [0.15, 0.2) is 0 Å². The van der Waals surface area contributed by atoms with Crippen molar-refractivity contribution in [3.8, 4) is 0 Å². The maximum absolute atomic E-state index is 11.6. The predicted molar refractivity (Wildman–Crippen MR) is 69.0 cm³/mol. The monoisotopic (exact) mass is 285 g/mol. The normalized spacial score (nSPS) is 13.2. The summed E-state index contributed by atoms with van der Waals surface area (Å²) in [6.45, 7) is 3.64. The number of hydrogen-bond acceptors (Lipinski definition) is 4. The number of Topliss-reactive ketones (excluding diaryl/α,β-unsaturated/α-hetero) is 1. The van der Waals surface area contributed by atoms with E-state index in [1.165, 1.54) is 0 Å². The number of aliphatic hydroxyl groups excluding tert-OH is 1. The summed E-state index contributed by atoms with van der Waals surface area (Å²) in [6.07, 6.45) is -0.753. The van der Waals surface area contributed by atoms with Crippen LogP contribution >= 0.6 is 0 Å². The largest absolute Gasteiger partial charge is 0.480 e. The highest BCUT2D eigenvalue weighted by Gasteiger charge is 2.25. The number of hydrogen-bond donors (Lipinski definition) is 3. The Morgan fingerprint density at radius 2 is 1.95 bits per heavy atom. The molecular weight excluding hydrogens is 266 g/mol. The van der Waals surface area contributed by atoms with Gasteiger partial charge in [0.25, 0.3) is 0 Å². The number of ketones is 1. The summed E-state index contributed by atoms with van der Waals surface area (Å²) in [5.41, 5.74) is 8.14. The molecule has 0 fully saturated rings. The smallest absolute Gasteiger partial charge is 0.326 e. The quantitative estimate of drug-likeness (QED) is 0.301. The van der Waals surface area contributed by atoms with Gasteiger partial charge in [0.2, 0.25) is 11.7 Å². The van der Waals surface area contributed by atoms with Crippen LogP contribution in [-0.4, -0.2) is 51.0 Å². The SMILES string of the molecule is CC(C)CC(O)C(=O)NC(CCC(=O)C=[N+]=[N-])C(=O)O. The molecule has 2 atom stereocenters. The van der Waals surface area contributed by atoms with Gasteiger partial charge in [-0.3, -0.25) is 9.59 Å². The lowest BCUT2D eigenvalue weighted by atomic mass is 10.0. The first kappa shape index (κ1) is 17.9. The minimum Gasteiger partial charge on any atom is -0.480 e. The van der Waals surface area contributed by atoms with Gasteiger partial charge in [0.15, 0.2) is 0 Å². The molecule has 8 heteroatoms. The summed E-state index contributed by atoms with van der Waals surface area (Å²) in [7, 11) is 0. The van der Waals surface area contributed by atoms with Gasteiger partial charge in [-0.25, -0.2) is 4.79 Å². The molecule has 0 aromatic carbocycles. The average molecular weight is 285 g/mol. The van der Waals surface area contributed by atoms with Gasteiger partial charge in [0.1, 0.15) is 12.1 Å². The molecule has 0 aromatic rings. The maximum Gasteiger partial charge on any atom is 0.326 e. The maximum atomic E-state index is 11.6. The summed E-state index contributed by atoms with van der Waals surface area (Å²) in [5, 5.41) is 20.7. The first-order chi connectivity index (χ1) is 9.27. The number of aliphatic hydroxyl groups is 1. The van der Waals surface area contributed by atoms with Crippen LogP contribution in [-0.2, 0) is 14.4 Å². The Labute approximate surface area is 116 Å². The van der Waals surface area contributed by atoms with Crippen LogP contribution in [0.3, 0.4) is 0 Å². The molecule has 0 aliphatic heterocycles. The fourth-order valence-corrected chi connectivity index (χ4v) is 1.49. The molecule has 0 radical (unpaired) electrons. The Morgan fingerprint density at radius 1 is 1.35 bits per heavy atom. The minimum absolute atomic E-state index is 0.0846. The topological polar surface area (TPSA) is 140 Å². The second-order valence-corrected chi connectivity index (χ2v) is 4.79. The third-order valence-corrected chi connectivity index (χ3v) is 2.49. The van der Waals surface area contributed by atoms with Crippen LogP contribution in [0.5, 0.6) is 0 Å². The van der Waals surface area contributed by atoms with Gasteiger partial charge < -0.3 is 21.1 Å². The van der Waals surface area contributed by atoms with Crippen molar-refractivity contribution in [2.45, 2.75) is 45.3 Å². The highest BCUT2D eigenvalue weighted by Crippen LogP contribution is 2.06. The van der Waals surface area contributed by atoms with Crippen molar-refractivity contribution in [2.24, 2.45) is 5.92 Å². The fourth-order valence-electron chi connectivity index (χ4n) is 1.49. The molecule has 0 aromatic heterocycles. The zero-order chi connectivity index (χ0) is 15.7. The molecule has 0 aliphatic rings. The van der Waals surface area contributed by atoms with E-state index >= 15 is 0 Å². The summed E-state index contributed by atoms with van der Waals surface area (Å²) >= 11 is 0. The van der Waals surface area contributed by atoms with Crippen LogP contribution in [0.2, 0.25) is 0 Å². The van der Waals surface area contributed by atoms with Gasteiger partial charge in [0, 0.05) is 6.42 Å². The van der Waals surface area contributed by atoms with E-state index in [1.54, 1.807) is 0 Å². The zero-order valence-corrected chi connectivity index (χ0v) is 11.4. The molecule has 20 heavy (non-hydrogen) atoms. The molecule has 2 unspecified atom stereocenters. The molecule has 0 bridgehead atoms. The first-order valence-corrected chi connectivity index (χ1v) is 6.19. The zero-order valence-electron chi connectivity index (χ0n) is 11.4. The average Bonchev–Trinajstić information content (AvgIpc) is 2.33. The number of carbonyl (C=O) groups is 3. The second-order valence-electron chi connectivity index (χ2n) is 4.79. The Balaban J connectivity index is 4.47. The molecule has 1 amide bonds. The lowest BCUT2D eigenvalue weighted by Crippen LogP contribution is -2.46. The Morgan fingerprint density at radius 3 is 2.40 bits per heavy atom. The molecule has 0 spiro atoms. The van der Waals surface area contributed by atoms with E-state index in [1.807, 2.05) is 13.8 Å². The van der Waals surface area contributed by atoms with Crippen molar-refractivity contribution in [3.63, 3.8) is 0 Å². The van der Waals surface area contributed by atoms with Gasteiger partial charge >= 0.3 is 12.2 Å². The highest BCUT2D eigenvalue weighted by atomic mass is 16.4. The van der Waals surface area contributed by atoms with Crippen molar-refractivity contribution < 1.29 is 29.4 Å². The molecule has 0 saturated carbocycles. The predicted octanol–water partition coefficient (Wildman–Crippen LogP) is -0.387. The number of carboxylic acids is 1. The highest BCUT2D eigenvalue weighted by molar-refractivity contribution is 6.25.